The number of nitrogens with two attached hydrogens (primary N) is 1. The number of nitrogen functional groups attached to an aromatic ring is 1. The molecule has 1 aromatic heterocycles. The fourth-order valence-electron chi connectivity index (χ4n) is 0.812. The molecule has 0 aliphatic carbocycles. The third kappa shape index (κ3) is 2.45. The van der Waals surface area contributed by atoms with E-state index in [9.17, 15) is 10.2 Å². The molecule has 0 amide bonds. The van der Waals surface area contributed by atoms with Gasteiger partial charge in [-0.25, -0.2) is 9.97 Å². The van der Waals surface area contributed by atoms with E-state index in [1.165, 1.54) is 6.20 Å². The van der Waals surface area contributed by atoms with Gasteiger partial charge in [0.05, 0.1) is 23.9 Å². The highest BCUT2D eigenvalue weighted by molar-refractivity contribution is 6.31. The normalized spacial score (nSPS) is 15.1. The summed E-state index contributed by atoms with van der Waals surface area (Å²) in [6.45, 7) is 0. The van der Waals surface area contributed by atoms with Crippen molar-refractivity contribution in [1.29, 1.82) is 0 Å². The minimum atomic E-state index is -1.21. The maximum atomic E-state index is 9.47. The average Bonchev–Trinajstić information content (AvgIpc) is 2.20. The number of aliphatic hydroxyl groups excluding tert-OH is 2. The van der Waals surface area contributed by atoms with Gasteiger partial charge in [-0.3, -0.25) is 0 Å². The van der Waals surface area contributed by atoms with Crippen molar-refractivity contribution in [2.45, 2.75) is 12.2 Å². The van der Waals surface area contributed by atoms with Gasteiger partial charge in [-0.2, -0.15) is 0 Å². The van der Waals surface area contributed by atoms with Crippen LogP contribution in [-0.4, -0.2) is 32.2 Å². The van der Waals surface area contributed by atoms with E-state index in [2.05, 4.69) is 9.97 Å². The Morgan fingerprint density at radius 3 is 2.64 bits per heavy atom. The van der Waals surface area contributed by atoms with Crippen LogP contribution in [0.25, 0.3) is 0 Å². The van der Waals surface area contributed by atoms with Crippen molar-refractivity contribution < 1.29 is 10.2 Å². The van der Waals surface area contributed by atoms with Crippen LogP contribution in [0.1, 0.15) is 11.8 Å². The van der Waals surface area contributed by atoms with Gasteiger partial charge in [-0.15, -0.1) is 11.6 Å². The Labute approximate surface area is 90.5 Å². The molecule has 78 valence electrons. The topological polar surface area (TPSA) is 92.3 Å². The lowest BCUT2D eigenvalue weighted by atomic mass is 10.2. The highest BCUT2D eigenvalue weighted by Crippen LogP contribution is 2.19. The molecule has 0 aromatic carbocycles. The molecular formula is C7H9Cl2N3O2. The molecule has 1 heterocycles. The van der Waals surface area contributed by atoms with E-state index in [1.54, 1.807) is 0 Å². The molecule has 14 heavy (non-hydrogen) atoms. The van der Waals surface area contributed by atoms with E-state index in [4.69, 9.17) is 28.9 Å². The molecule has 1 rings (SSSR count). The first-order valence-electron chi connectivity index (χ1n) is 3.76. The quantitative estimate of drug-likeness (QED) is 0.660. The first kappa shape index (κ1) is 11.5. The summed E-state index contributed by atoms with van der Waals surface area (Å²) in [7, 11) is 0. The van der Waals surface area contributed by atoms with Gasteiger partial charge in [-0.1, -0.05) is 11.6 Å². The summed E-state index contributed by atoms with van der Waals surface area (Å²) in [5, 5.41) is 18.7. The van der Waals surface area contributed by atoms with E-state index < -0.39 is 12.2 Å². The lowest BCUT2D eigenvalue weighted by molar-refractivity contribution is 0.0298. The zero-order valence-electron chi connectivity index (χ0n) is 7.06. The van der Waals surface area contributed by atoms with Crippen molar-refractivity contribution in [2.24, 2.45) is 0 Å². The molecule has 1 aromatic rings. The first-order valence-corrected chi connectivity index (χ1v) is 4.67. The molecule has 0 saturated carbocycles. The van der Waals surface area contributed by atoms with Crippen molar-refractivity contribution in [3.05, 3.63) is 17.0 Å². The minimum Gasteiger partial charge on any atom is -0.389 e. The van der Waals surface area contributed by atoms with Crippen LogP contribution >= 0.6 is 23.2 Å². The van der Waals surface area contributed by atoms with Crippen LogP contribution in [0.15, 0.2) is 6.20 Å². The molecular weight excluding hydrogens is 229 g/mol. The molecule has 2 atom stereocenters. The number of aliphatic hydroxyl groups is 2. The van der Waals surface area contributed by atoms with Crippen LogP contribution in [0.5, 0.6) is 0 Å². The van der Waals surface area contributed by atoms with Crippen LogP contribution in [0.2, 0.25) is 5.15 Å². The van der Waals surface area contributed by atoms with Crippen molar-refractivity contribution in [1.82, 2.24) is 9.97 Å². The third-order valence-corrected chi connectivity index (χ3v) is 2.19. The number of rotatable bonds is 3. The maximum Gasteiger partial charge on any atom is 0.171 e. The summed E-state index contributed by atoms with van der Waals surface area (Å²) in [5.74, 6) is -0.0341. The molecule has 4 N–H and O–H groups in total. The number of halogens is 2. The van der Waals surface area contributed by atoms with Crippen molar-refractivity contribution in [3.63, 3.8) is 0 Å². The molecule has 7 heteroatoms. The predicted molar refractivity (Wildman–Crippen MR) is 53.1 cm³/mol. The predicted octanol–water partition coefficient (Wildman–Crippen LogP) is 0.345. The zero-order valence-corrected chi connectivity index (χ0v) is 8.57. The average molecular weight is 238 g/mol. The number of anilines is 1. The molecule has 0 fully saturated rings. The fraction of sp³-hybridized carbons (Fsp3) is 0.429. The molecule has 0 saturated heterocycles. The van der Waals surface area contributed by atoms with Crippen LogP contribution in [0.3, 0.4) is 0 Å². The van der Waals surface area contributed by atoms with Crippen molar-refractivity contribution in [2.75, 3.05) is 11.6 Å². The Balaban J connectivity index is 2.91. The summed E-state index contributed by atoms with van der Waals surface area (Å²) in [5.41, 5.74) is 5.46. The van der Waals surface area contributed by atoms with Crippen molar-refractivity contribution >= 4 is 29.0 Å². The van der Waals surface area contributed by atoms with E-state index in [1.807, 2.05) is 0 Å². The largest absolute Gasteiger partial charge is 0.389 e. The van der Waals surface area contributed by atoms with Gasteiger partial charge in [-0.05, 0) is 0 Å². The number of hydrogen-bond donors (Lipinski definition) is 3. The minimum absolute atomic E-state index is 0.0108. The summed E-state index contributed by atoms with van der Waals surface area (Å²) >= 11 is 10.9. The number of alkyl halides is 1. The number of nitrogens with zero attached hydrogens (tertiary/aromatic N) is 2. The van der Waals surface area contributed by atoms with Crippen LogP contribution in [0, 0.1) is 0 Å². The Kier molecular flexibility index (Phi) is 3.88. The second-order valence-corrected chi connectivity index (χ2v) is 3.30. The third-order valence-electron chi connectivity index (χ3n) is 1.60. The molecule has 0 aliphatic rings. The van der Waals surface area contributed by atoms with E-state index in [0.29, 0.717) is 0 Å². The van der Waals surface area contributed by atoms with Gasteiger partial charge >= 0.3 is 0 Å². The summed E-state index contributed by atoms with van der Waals surface area (Å²) in [6, 6.07) is 0. The highest BCUT2D eigenvalue weighted by Gasteiger charge is 2.19. The zero-order chi connectivity index (χ0) is 10.7. The lowest BCUT2D eigenvalue weighted by Gasteiger charge is -2.14. The summed E-state index contributed by atoms with van der Waals surface area (Å²) < 4.78 is 0. The van der Waals surface area contributed by atoms with Crippen molar-refractivity contribution in [3.8, 4) is 0 Å². The maximum absolute atomic E-state index is 9.47. The molecule has 0 spiro atoms. The molecule has 0 bridgehead atoms. The molecule has 5 nitrogen and oxygen atoms in total. The summed E-state index contributed by atoms with van der Waals surface area (Å²) in [4.78, 5) is 7.44. The standard InChI is InChI=1S/C7H9Cl2N3O2/c8-1-4(13)5(14)3-2-11-7(10)6(9)12-3/h2,4-5,13-14H,1H2,(H2,10,11). The Morgan fingerprint density at radius 2 is 2.14 bits per heavy atom. The first-order chi connectivity index (χ1) is 6.56. The smallest absolute Gasteiger partial charge is 0.171 e. The van der Waals surface area contributed by atoms with E-state index >= 15 is 0 Å². The molecule has 0 aliphatic heterocycles. The lowest BCUT2D eigenvalue weighted by Crippen LogP contribution is -2.21. The van der Waals surface area contributed by atoms with Gasteiger partial charge in [0.15, 0.2) is 11.0 Å². The number of aromatic nitrogens is 2. The van der Waals surface area contributed by atoms with E-state index in [-0.39, 0.29) is 22.5 Å². The SMILES string of the molecule is Nc1ncc(C(O)C(O)CCl)nc1Cl. The van der Waals surface area contributed by atoms with Gasteiger partial charge < -0.3 is 15.9 Å². The van der Waals surface area contributed by atoms with Gasteiger partial charge in [0.1, 0.15) is 6.10 Å². The Bertz CT molecular complexity index is 324. The second kappa shape index (κ2) is 4.75. The Hall–Kier alpha value is -0.620. The monoisotopic (exact) mass is 237 g/mol. The van der Waals surface area contributed by atoms with Crippen LogP contribution < -0.4 is 5.73 Å². The molecule has 2 unspecified atom stereocenters. The van der Waals surface area contributed by atoms with Crippen LogP contribution in [-0.2, 0) is 0 Å². The fourth-order valence-corrected chi connectivity index (χ4v) is 1.13. The van der Waals surface area contributed by atoms with Gasteiger partial charge in [0, 0.05) is 0 Å². The Morgan fingerprint density at radius 1 is 1.50 bits per heavy atom. The van der Waals surface area contributed by atoms with Gasteiger partial charge in [0.2, 0.25) is 0 Å². The summed E-state index contributed by atoms with van der Waals surface area (Å²) in [6.07, 6.45) is -1.08. The van der Waals surface area contributed by atoms with Gasteiger partial charge in [0.25, 0.3) is 0 Å². The number of hydrogen-bond acceptors (Lipinski definition) is 5. The highest BCUT2D eigenvalue weighted by atomic mass is 35.5. The van der Waals surface area contributed by atoms with Crippen LogP contribution in [0.4, 0.5) is 5.82 Å². The van der Waals surface area contributed by atoms with E-state index in [0.717, 1.165) is 0 Å². The second-order valence-electron chi connectivity index (χ2n) is 2.64. The molecule has 0 radical (unpaired) electrons.